The lowest BCUT2D eigenvalue weighted by molar-refractivity contribution is 0.384. The number of anilines is 1. The number of nitrogens with zero attached hydrogens (tertiary/aromatic N) is 4. The second-order valence-electron chi connectivity index (χ2n) is 7.66. The number of para-hydroxylation sites is 1. The van der Waals surface area contributed by atoms with Crippen LogP contribution in [0.2, 0.25) is 0 Å². The second-order valence-corrected chi connectivity index (χ2v) is 9.59. The summed E-state index contributed by atoms with van der Waals surface area (Å²) in [5.74, 6) is 0. The molecule has 158 valence electrons. The van der Waals surface area contributed by atoms with E-state index in [0.29, 0.717) is 31.1 Å². The molecule has 2 heterocycles. The van der Waals surface area contributed by atoms with Gasteiger partial charge in [0.15, 0.2) is 0 Å². The van der Waals surface area contributed by atoms with E-state index in [0.717, 1.165) is 34.7 Å². The Morgan fingerprint density at radius 3 is 2.13 bits per heavy atom. The maximum absolute atomic E-state index is 13.0. The molecule has 0 radical (unpaired) electrons. The summed E-state index contributed by atoms with van der Waals surface area (Å²) >= 11 is 0. The molecule has 6 nitrogen and oxygen atoms in total. The third-order valence-corrected chi connectivity index (χ3v) is 7.69. The van der Waals surface area contributed by atoms with E-state index in [9.17, 15) is 8.42 Å². The summed E-state index contributed by atoms with van der Waals surface area (Å²) in [6, 6.07) is 17.3. The predicted octanol–water partition coefficient (Wildman–Crippen LogP) is 3.56. The molecule has 0 spiro atoms. The number of piperazine rings is 1. The smallest absolute Gasteiger partial charge is 0.243 e. The molecule has 1 fully saturated rings. The van der Waals surface area contributed by atoms with Crippen molar-refractivity contribution in [1.29, 1.82) is 0 Å². The summed E-state index contributed by atoms with van der Waals surface area (Å²) in [4.78, 5) is 2.63. The third kappa shape index (κ3) is 3.75. The highest BCUT2D eigenvalue weighted by molar-refractivity contribution is 7.89. The van der Waals surface area contributed by atoms with Gasteiger partial charge in [0, 0.05) is 26.2 Å². The van der Waals surface area contributed by atoms with Crippen LogP contribution in [0, 0.1) is 13.8 Å². The first kappa shape index (κ1) is 20.6. The highest BCUT2D eigenvalue weighted by Gasteiger charge is 2.30. The Bertz CT molecular complexity index is 1110. The Balaban J connectivity index is 1.52. The zero-order valence-electron chi connectivity index (χ0n) is 17.7. The Hall–Kier alpha value is -2.64. The molecular weight excluding hydrogens is 396 g/mol. The van der Waals surface area contributed by atoms with Crippen LogP contribution in [0.4, 0.5) is 5.69 Å². The quantitative estimate of drug-likeness (QED) is 0.628. The number of benzene rings is 2. The number of aryl methyl sites for hydroxylation is 2. The van der Waals surface area contributed by atoms with E-state index in [2.05, 4.69) is 18.7 Å². The number of rotatable bonds is 5. The number of hydrogen-bond donors (Lipinski definition) is 0. The lowest BCUT2D eigenvalue weighted by atomic mass is 10.2. The molecule has 1 aromatic heterocycles. The second kappa shape index (κ2) is 8.24. The maximum Gasteiger partial charge on any atom is 0.243 e. The Morgan fingerprint density at radius 2 is 1.53 bits per heavy atom. The molecule has 0 unspecified atom stereocenters. The number of aromatic nitrogens is 2. The van der Waals surface area contributed by atoms with Crippen LogP contribution in [-0.2, 0) is 16.4 Å². The van der Waals surface area contributed by atoms with Gasteiger partial charge < -0.3 is 4.90 Å². The van der Waals surface area contributed by atoms with Crippen LogP contribution in [0.15, 0.2) is 59.5 Å². The molecule has 30 heavy (non-hydrogen) atoms. The highest BCUT2D eigenvalue weighted by Crippen LogP contribution is 2.28. The van der Waals surface area contributed by atoms with E-state index in [1.807, 2.05) is 54.1 Å². The van der Waals surface area contributed by atoms with Gasteiger partial charge in [-0.05, 0) is 50.1 Å². The van der Waals surface area contributed by atoms with Gasteiger partial charge in [0.1, 0.15) is 0 Å². The summed E-state index contributed by atoms with van der Waals surface area (Å²) in [7, 11) is -3.46. The van der Waals surface area contributed by atoms with Crippen LogP contribution in [-0.4, -0.2) is 48.7 Å². The summed E-state index contributed by atoms with van der Waals surface area (Å²) in [6.45, 7) is 8.37. The molecule has 0 saturated carbocycles. The maximum atomic E-state index is 13.0. The molecule has 2 aromatic carbocycles. The van der Waals surface area contributed by atoms with E-state index in [4.69, 9.17) is 5.10 Å². The summed E-state index contributed by atoms with van der Waals surface area (Å²) in [5.41, 5.74) is 5.30. The zero-order chi connectivity index (χ0) is 21.3. The number of sulfonamides is 1. The first-order chi connectivity index (χ1) is 14.4. The van der Waals surface area contributed by atoms with Gasteiger partial charge in [-0.25, -0.2) is 13.1 Å². The molecule has 0 amide bonds. The lowest BCUT2D eigenvalue weighted by Crippen LogP contribution is -2.49. The average molecular weight is 425 g/mol. The van der Waals surface area contributed by atoms with Crippen LogP contribution in [0.1, 0.15) is 23.9 Å². The van der Waals surface area contributed by atoms with Gasteiger partial charge in [-0.3, -0.25) is 0 Å². The van der Waals surface area contributed by atoms with Gasteiger partial charge >= 0.3 is 0 Å². The van der Waals surface area contributed by atoms with Crippen molar-refractivity contribution in [3.8, 4) is 5.69 Å². The van der Waals surface area contributed by atoms with Crippen LogP contribution >= 0.6 is 0 Å². The summed E-state index contributed by atoms with van der Waals surface area (Å²) < 4.78 is 29.6. The van der Waals surface area contributed by atoms with Crippen molar-refractivity contribution in [2.75, 3.05) is 31.1 Å². The number of hydrogen-bond acceptors (Lipinski definition) is 4. The van der Waals surface area contributed by atoms with Gasteiger partial charge in [0.05, 0.1) is 27.7 Å². The van der Waals surface area contributed by atoms with Gasteiger partial charge in [0.25, 0.3) is 0 Å². The van der Waals surface area contributed by atoms with Crippen molar-refractivity contribution in [3.05, 3.63) is 71.5 Å². The van der Waals surface area contributed by atoms with Gasteiger partial charge in [-0.2, -0.15) is 9.40 Å². The first-order valence-electron chi connectivity index (χ1n) is 10.4. The first-order valence-corrected chi connectivity index (χ1v) is 11.8. The average Bonchev–Trinajstić information content (AvgIpc) is 3.08. The minimum Gasteiger partial charge on any atom is -0.366 e. The zero-order valence-corrected chi connectivity index (χ0v) is 18.6. The molecule has 0 bridgehead atoms. The van der Waals surface area contributed by atoms with E-state index in [-0.39, 0.29) is 0 Å². The van der Waals surface area contributed by atoms with Crippen molar-refractivity contribution >= 4 is 15.7 Å². The van der Waals surface area contributed by atoms with Crippen LogP contribution < -0.4 is 4.90 Å². The third-order valence-electron chi connectivity index (χ3n) is 5.78. The van der Waals surface area contributed by atoms with Gasteiger partial charge in [-0.1, -0.05) is 37.3 Å². The molecule has 0 aliphatic carbocycles. The fourth-order valence-corrected chi connectivity index (χ4v) is 5.53. The Kier molecular flexibility index (Phi) is 5.66. The van der Waals surface area contributed by atoms with Gasteiger partial charge in [0.2, 0.25) is 10.0 Å². The van der Waals surface area contributed by atoms with Crippen molar-refractivity contribution in [2.45, 2.75) is 32.1 Å². The van der Waals surface area contributed by atoms with Crippen molar-refractivity contribution in [2.24, 2.45) is 0 Å². The fraction of sp³-hybridized carbons (Fsp3) is 0.348. The van der Waals surface area contributed by atoms with Crippen LogP contribution in [0.5, 0.6) is 0 Å². The van der Waals surface area contributed by atoms with Crippen molar-refractivity contribution in [1.82, 2.24) is 14.1 Å². The highest BCUT2D eigenvalue weighted by atomic mass is 32.2. The molecule has 4 rings (SSSR count). The SMILES string of the molecule is CCc1ccc(S(=O)(=O)N2CCN(c3c(C)nn(-c4ccccc4)c3C)CC2)cc1. The molecular formula is C23H28N4O2S. The van der Waals surface area contributed by atoms with E-state index in [1.165, 1.54) is 0 Å². The summed E-state index contributed by atoms with van der Waals surface area (Å²) in [6.07, 6.45) is 0.897. The minimum atomic E-state index is -3.46. The normalized spacial score (nSPS) is 15.5. The molecule has 0 atom stereocenters. The van der Waals surface area contributed by atoms with Crippen LogP contribution in [0.3, 0.4) is 0 Å². The topological polar surface area (TPSA) is 58.4 Å². The van der Waals surface area contributed by atoms with Crippen molar-refractivity contribution < 1.29 is 8.42 Å². The van der Waals surface area contributed by atoms with Gasteiger partial charge in [-0.15, -0.1) is 0 Å². The minimum absolute atomic E-state index is 0.373. The van der Waals surface area contributed by atoms with E-state index >= 15 is 0 Å². The molecule has 1 aliphatic heterocycles. The molecule has 7 heteroatoms. The predicted molar refractivity (Wildman–Crippen MR) is 120 cm³/mol. The van der Waals surface area contributed by atoms with Crippen LogP contribution in [0.25, 0.3) is 5.69 Å². The van der Waals surface area contributed by atoms with Crippen molar-refractivity contribution in [3.63, 3.8) is 0 Å². The Labute approximate surface area is 178 Å². The fourth-order valence-electron chi connectivity index (χ4n) is 4.11. The Morgan fingerprint density at radius 1 is 0.900 bits per heavy atom. The largest absolute Gasteiger partial charge is 0.366 e. The molecule has 1 saturated heterocycles. The van der Waals surface area contributed by atoms with E-state index < -0.39 is 10.0 Å². The standard InChI is InChI=1S/C23H28N4O2S/c1-4-20-10-12-22(13-11-20)30(28,29)26-16-14-25(15-17-26)23-18(2)24-27(19(23)3)21-8-6-5-7-9-21/h5-13H,4,14-17H2,1-3H3. The molecule has 0 N–H and O–H groups in total. The summed E-state index contributed by atoms with van der Waals surface area (Å²) in [5, 5.41) is 4.73. The lowest BCUT2D eigenvalue weighted by Gasteiger charge is -2.35. The van der Waals surface area contributed by atoms with E-state index in [1.54, 1.807) is 16.4 Å². The molecule has 1 aliphatic rings. The molecule has 3 aromatic rings. The monoisotopic (exact) mass is 424 g/mol.